The van der Waals surface area contributed by atoms with Crippen LogP contribution in [0.5, 0.6) is 0 Å². The fraction of sp³-hybridized carbons (Fsp3) is 1.00. The maximum absolute atomic E-state index is 8.74. The molecule has 10 heavy (non-hydrogen) atoms. The van der Waals surface area contributed by atoms with Gasteiger partial charge in [-0.3, -0.25) is 9.11 Å². The third-order valence-electron chi connectivity index (χ3n) is 0.547. The van der Waals surface area contributed by atoms with E-state index in [1.165, 1.54) is 12.8 Å². The van der Waals surface area contributed by atoms with Crippen LogP contribution in [-0.4, -0.2) is 22.8 Å². The Morgan fingerprint density at radius 1 is 1.30 bits per heavy atom. The van der Waals surface area contributed by atoms with Crippen molar-refractivity contribution in [1.29, 1.82) is 0 Å². The number of thiol groups is 1. The third kappa shape index (κ3) is 41.7. The molecule has 0 aromatic rings. The second-order valence-electron chi connectivity index (χ2n) is 1.68. The zero-order valence-corrected chi connectivity index (χ0v) is 6.98. The summed E-state index contributed by atoms with van der Waals surface area (Å²) in [5.74, 6) is 0. The largest absolute Gasteiger partial charge is 0.394 e. The third-order valence-corrected chi connectivity index (χ3v) is 1.06. The lowest BCUT2D eigenvalue weighted by molar-refractivity contribution is 0.381. The molecule has 5 nitrogen and oxygen atoms in total. The molecule has 0 aromatic heterocycles. The van der Waals surface area contributed by atoms with Gasteiger partial charge < -0.3 is 6.15 Å². The molecular weight excluding hydrogens is 178 g/mol. The van der Waals surface area contributed by atoms with E-state index in [1.54, 1.807) is 0 Å². The number of hydrogen-bond acceptors (Lipinski definition) is 4. The monoisotopic (exact) mass is 189 g/mol. The molecule has 0 aromatic carbocycles. The summed E-state index contributed by atoms with van der Waals surface area (Å²) in [5, 5.41) is 0.778. The van der Waals surface area contributed by atoms with Crippen molar-refractivity contribution in [2.24, 2.45) is 0 Å². The lowest BCUT2D eigenvalue weighted by Crippen LogP contribution is -1.89. The van der Waals surface area contributed by atoms with Crippen molar-refractivity contribution in [1.82, 2.24) is 6.15 Å². The summed E-state index contributed by atoms with van der Waals surface area (Å²) in [7, 11) is -4.67. The molecule has 5 N–H and O–H groups in total. The average molecular weight is 189 g/mol. The van der Waals surface area contributed by atoms with Crippen molar-refractivity contribution in [3.05, 3.63) is 0 Å². The van der Waals surface area contributed by atoms with Crippen molar-refractivity contribution in [2.45, 2.75) is 18.1 Å². The molecule has 0 saturated heterocycles. The van der Waals surface area contributed by atoms with Gasteiger partial charge in [0.15, 0.2) is 0 Å². The normalized spacial score (nSPS) is 16.3. The Morgan fingerprint density at radius 2 is 1.40 bits per heavy atom. The van der Waals surface area contributed by atoms with Gasteiger partial charge in [0.25, 0.3) is 0 Å². The summed E-state index contributed by atoms with van der Waals surface area (Å²) in [6.45, 7) is 0. The highest BCUT2D eigenvalue weighted by Gasteiger charge is 2.14. The minimum absolute atomic E-state index is 0. The molecule has 1 fully saturated rings. The van der Waals surface area contributed by atoms with Crippen molar-refractivity contribution in [3.8, 4) is 0 Å². The van der Waals surface area contributed by atoms with E-state index in [1.807, 2.05) is 0 Å². The summed E-state index contributed by atoms with van der Waals surface area (Å²) < 4.78 is 31.6. The zero-order valence-electron chi connectivity index (χ0n) is 5.27. The van der Waals surface area contributed by atoms with Crippen molar-refractivity contribution in [3.63, 3.8) is 0 Å². The summed E-state index contributed by atoms with van der Waals surface area (Å²) in [6.07, 6.45) is 2.70. The van der Waals surface area contributed by atoms with E-state index in [0.717, 1.165) is 5.25 Å². The van der Waals surface area contributed by atoms with Crippen molar-refractivity contribution >= 4 is 23.0 Å². The van der Waals surface area contributed by atoms with Gasteiger partial charge in [-0.05, 0) is 12.8 Å². The van der Waals surface area contributed by atoms with E-state index in [2.05, 4.69) is 12.6 Å². The highest BCUT2D eigenvalue weighted by atomic mass is 32.3. The van der Waals surface area contributed by atoms with E-state index >= 15 is 0 Å². The summed E-state index contributed by atoms with van der Waals surface area (Å²) >= 11 is 4.08. The van der Waals surface area contributed by atoms with Crippen molar-refractivity contribution in [2.75, 3.05) is 0 Å². The van der Waals surface area contributed by atoms with Crippen molar-refractivity contribution < 1.29 is 17.5 Å². The molecule has 0 spiro atoms. The summed E-state index contributed by atoms with van der Waals surface area (Å²) in [6, 6.07) is 0. The highest BCUT2D eigenvalue weighted by Crippen LogP contribution is 2.24. The second kappa shape index (κ2) is 4.91. The van der Waals surface area contributed by atoms with Crippen LogP contribution in [0.3, 0.4) is 0 Å². The molecule has 1 aliphatic carbocycles. The first-order chi connectivity index (χ1) is 3.89. The summed E-state index contributed by atoms with van der Waals surface area (Å²) in [5.41, 5.74) is 0. The van der Waals surface area contributed by atoms with E-state index < -0.39 is 10.4 Å². The number of hydrogen-bond donors (Lipinski definition) is 4. The van der Waals surface area contributed by atoms with Crippen LogP contribution in [0.15, 0.2) is 0 Å². The summed E-state index contributed by atoms with van der Waals surface area (Å²) in [4.78, 5) is 0. The van der Waals surface area contributed by atoms with Gasteiger partial charge in [-0.1, -0.05) is 0 Å². The van der Waals surface area contributed by atoms with Crippen LogP contribution in [0, 0.1) is 0 Å². The minimum atomic E-state index is -4.67. The molecule has 0 radical (unpaired) electrons. The lowest BCUT2D eigenvalue weighted by Gasteiger charge is -1.68. The fourth-order valence-electron chi connectivity index (χ4n) is 0.0745. The van der Waals surface area contributed by atoms with Gasteiger partial charge >= 0.3 is 10.4 Å². The maximum atomic E-state index is 8.74. The molecule has 0 atom stereocenters. The molecule has 64 valence electrons. The van der Waals surface area contributed by atoms with Gasteiger partial charge in [0, 0.05) is 5.25 Å². The molecule has 1 saturated carbocycles. The fourth-order valence-corrected chi connectivity index (χ4v) is 0.224. The van der Waals surface area contributed by atoms with Gasteiger partial charge in [0.1, 0.15) is 0 Å². The molecule has 0 unspecified atom stereocenters. The Morgan fingerprint density at radius 3 is 1.40 bits per heavy atom. The topological polar surface area (TPSA) is 110 Å². The molecule has 0 amide bonds. The van der Waals surface area contributed by atoms with Gasteiger partial charge in [-0.25, -0.2) is 0 Å². The highest BCUT2D eigenvalue weighted by molar-refractivity contribution is 7.81. The van der Waals surface area contributed by atoms with Crippen LogP contribution in [0.25, 0.3) is 0 Å². The quantitative estimate of drug-likeness (QED) is 0.329. The van der Waals surface area contributed by atoms with Crippen LogP contribution in [0.2, 0.25) is 0 Å². The van der Waals surface area contributed by atoms with Gasteiger partial charge in [0.05, 0.1) is 0 Å². The van der Waals surface area contributed by atoms with Gasteiger partial charge in [0.2, 0.25) is 0 Å². The Hall–Kier alpha value is 0.180. The van der Waals surface area contributed by atoms with Crippen LogP contribution in [-0.2, 0) is 10.4 Å². The maximum Gasteiger partial charge on any atom is 0.394 e. The minimum Gasteiger partial charge on any atom is -0.344 e. The average Bonchev–Trinajstić information content (AvgIpc) is 2.13. The molecular formula is C3H11NO4S2. The van der Waals surface area contributed by atoms with Crippen LogP contribution in [0.1, 0.15) is 12.8 Å². The Balaban J connectivity index is 0. The molecule has 0 heterocycles. The lowest BCUT2D eigenvalue weighted by atomic mass is 11.0. The first kappa shape index (κ1) is 12.8. The van der Waals surface area contributed by atoms with E-state index in [9.17, 15) is 0 Å². The van der Waals surface area contributed by atoms with Crippen LogP contribution in [0.4, 0.5) is 0 Å². The van der Waals surface area contributed by atoms with Crippen LogP contribution < -0.4 is 6.15 Å². The molecule has 0 aliphatic heterocycles. The van der Waals surface area contributed by atoms with E-state index in [0.29, 0.717) is 0 Å². The standard InChI is InChI=1S/C3H6S.H3N.H2O4S/c4-3-1-2-3;;1-5(2,3)4/h3-4H,1-2H2;1H3;(H2,1,2,3,4). The first-order valence-corrected chi connectivity index (χ1v) is 4.19. The molecule has 1 aliphatic rings. The molecule has 7 heteroatoms. The zero-order chi connectivity index (χ0) is 7.49. The molecule has 0 bridgehead atoms. The van der Waals surface area contributed by atoms with Gasteiger partial charge in [-0.15, -0.1) is 0 Å². The van der Waals surface area contributed by atoms with E-state index in [-0.39, 0.29) is 6.15 Å². The number of rotatable bonds is 0. The predicted molar refractivity (Wildman–Crippen MR) is 41.2 cm³/mol. The first-order valence-electron chi connectivity index (χ1n) is 2.27. The molecule has 1 rings (SSSR count). The van der Waals surface area contributed by atoms with Crippen LogP contribution >= 0.6 is 12.6 Å². The van der Waals surface area contributed by atoms with E-state index in [4.69, 9.17) is 17.5 Å². The second-order valence-corrected chi connectivity index (χ2v) is 3.30. The SMILES string of the molecule is N.O=S(=O)(O)O.SC1CC1. The predicted octanol–water partition coefficient (Wildman–Crippen LogP) is 0.588. The Labute approximate surface area is 65.4 Å². The Bertz CT molecular complexity index is 153. The smallest absolute Gasteiger partial charge is 0.344 e. The van der Waals surface area contributed by atoms with Gasteiger partial charge in [-0.2, -0.15) is 21.0 Å². The Kier molecular flexibility index (Phi) is 6.30.